The Balaban J connectivity index is 1.68. The predicted molar refractivity (Wildman–Crippen MR) is 85.6 cm³/mol. The highest BCUT2D eigenvalue weighted by Gasteiger charge is 2.25. The number of piperidine rings is 1. The van der Waals surface area contributed by atoms with Crippen LogP contribution in [0.5, 0.6) is 0 Å². The van der Waals surface area contributed by atoms with Gasteiger partial charge in [-0.1, -0.05) is 11.7 Å². The first-order chi connectivity index (χ1) is 11.6. The van der Waals surface area contributed by atoms with Crippen molar-refractivity contribution in [1.82, 2.24) is 15.4 Å². The Morgan fingerprint density at radius 1 is 1.50 bits per heavy atom. The van der Waals surface area contributed by atoms with Crippen LogP contribution in [0.1, 0.15) is 18.5 Å². The third-order valence-electron chi connectivity index (χ3n) is 4.13. The lowest BCUT2D eigenvalue weighted by Gasteiger charge is -2.33. The largest absolute Gasteiger partial charge is 0.356 e. The number of halogens is 1. The Hall–Kier alpha value is -2.70. The first-order valence-corrected chi connectivity index (χ1v) is 7.81. The van der Waals surface area contributed by atoms with E-state index >= 15 is 0 Å². The summed E-state index contributed by atoms with van der Waals surface area (Å²) in [4.78, 5) is 25.6. The van der Waals surface area contributed by atoms with Crippen LogP contribution in [0.2, 0.25) is 0 Å². The van der Waals surface area contributed by atoms with Crippen LogP contribution < -0.4 is 5.32 Å². The fourth-order valence-corrected chi connectivity index (χ4v) is 2.92. The Morgan fingerprint density at radius 2 is 2.33 bits per heavy atom. The van der Waals surface area contributed by atoms with Crippen LogP contribution in [0.15, 0.2) is 35.4 Å². The van der Waals surface area contributed by atoms with Crippen molar-refractivity contribution < 1.29 is 18.5 Å². The molecule has 0 saturated carbocycles. The highest BCUT2D eigenvalue weighted by Crippen LogP contribution is 2.21. The van der Waals surface area contributed by atoms with Crippen molar-refractivity contribution in [2.75, 3.05) is 13.1 Å². The molecule has 1 fully saturated rings. The molecule has 0 spiro atoms. The number of likely N-dealkylation sites (tertiary alicyclic amines) is 1. The van der Waals surface area contributed by atoms with Gasteiger partial charge in [0.1, 0.15) is 11.5 Å². The van der Waals surface area contributed by atoms with E-state index in [9.17, 15) is 14.0 Å². The molecule has 0 radical (unpaired) electrons. The summed E-state index contributed by atoms with van der Waals surface area (Å²) in [5, 5.41) is 7.21. The molecule has 3 rings (SSSR count). The minimum absolute atomic E-state index is 0.0403. The quantitative estimate of drug-likeness (QED) is 0.867. The zero-order valence-electron chi connectivity index (χ0n) is 13.1. The molecule has 2 aromatic rings. The van der Waals surface area contributed by atoms with E-state index in [2.05, 4.69) is 17.1 Å². The van der Waals surface area contributed by atoms with Crippen molar-refractivity contribution in [3.8, 4) is 0 Å². The summed E-state index contributed by atoms with van der Waals surface area (Å²) in [5.74, 6) is -0.760. The summed E-state index contributed by atoms with van der Waals surface area (Å²) in [7, 11) is 0. The number of hydrogen-bond acceptors (Lipinski definition) is 4. The zero-order chi connectivity index (χ0) is 17.1. The third-order valence-corrected chi connectivity index (χ3v) is 4.13. The summed E-state index contributed by atoms with van der Waals surface area (Å²) < 4.78 is 18.5. The Kier molecular flexibility index (Phi) is 4.59. The molecule has 7 heteroatoms. The van der Waals surface area contributed by atoms with Crippen LogP contribution in [0.4, 0.5) is 4.39 Å². The second-order valence-electron chi connectivity index (χ2n) is 5.84. The maximum absolute atomic E-state index is 13.4. The normalized spacial score (nSPS) is 17.7. The van der Waals surface area contributed by atoms with Crippen molar-refractivity contribution in [2.45, 2.75) is 25.3 Å². The lowest BCUT2D eigenvalue weighted by Crippen LogP contribution is -2.49. The molecule has 0 aliphatic carbocycles. The SMILES string of the molecule is C=CC(=O)N[C@@H]1CCCN(C(=O)Cc2noc3ccc(F)cc23)C1. The molecule has 1 N–H and O–H groups in total. The lowest BCUT2D eigenvalue weighted by molar-refractivity contribution is -0.132. The van der Waals surface area contributed by atoms with E-state index in [-0.39, 0.29) is 24.3 Å². The van der Waals surface area contributed by atoms with E-state index in [1.165, 1.54) is 24.3 Å². The topological polar surface area (TPSA) is 75.4 Å². The first-order valence-electron chi connectivity index (χ1n) is 7.81. The summed E-state index contributed by atoms with van der Waals surface area (Å²) >= 11 is 0. The van der Waals surface area contributed by atoms with Crippen molar-refractivity contribution in [2.24, 2.45) is 0 Å². The molecule has 0 bridgehead atoms. The number of carbonyl (C=O) groups is 2. The average Bonchev–Trinajstić information content (AvgIpc) is 2.97. The Labute approximate surface area is 138 Å². The number of carbonyl (C=O) groups excluding carboxylic acids is 2. The monoisotopic (exact) mass is 331 g/mol. The van der Waals surface area contributed by atoms with Crippen molar-refractivity contribution in [3.05, 3.63) is 42.4 Å². The van der Waals surface area contributed by atoms with Crippen LogP contribution >= 0.6 is 0 Å². The molecule has 1 atom stereocenters. The van der Waals surface area contributed by atoms with E-state index < -0.39 is 5.82 Å². The van der Waals surface area contributed by atoms with Crippen LogP contribution in [0.3, 0.4) is 0 Å². The van der Waals surface area contributed by atoms with Crippen molar-refractivity contribution in [1.29, 1.82) is 0 Å². The minimum Gasteiger partial charge on any atom is -0.356 e. The van der Waals surface area contributed by atoms with E-state index in [1.54, 1.807) is 4.90 Å². The summed E-state index contributed by atoms with van der Waals surface area (Å²) in [6.45, 7) is 4.50. The predicted octanol–water partition coefficient (Wildman–Crippen LogP) is 1.80. The van der Waals surface area contributed by atoms with Gasteiger partial charge in [-0.15, -0.1) is 0 Å². The zero-order valence-corrected chi connectivity index (χ0v) is 13.1. The smallest absolute Gasteiger partial charge is 0.243 e. The van der Waals surface area contributed by atoms with E-state index in [0.29, 0.717) is 29.8 Å². The summed E-state index contributed by atoms with van der Waals surface area (Å²) in [5.41, 5.74) is 0.876. The number of fused-ring (bicyclic) bond motifs is 1. The van der Waals surface area contributed by atoms with E-state index in [0.717, 1.165) is 12.8 Å². The second kappa shape index (κ2) is 6.82. The van der Waals surface area contributed by atoms with Gasteiger partial charge >= 0.3 is 0 Å². The third kappa shape index (κ3) is 3.45. The molecular weight excluding hydrogens is 313 g/mol. The van der Waals surface area contributed by atoms with Gasteiger partial charge in [0.15, 0.2) is 5.58 Å². The number of hydrogen-bond donors (Lipinski definition) is 1. The number of nitrogens with one attached hydrogen (secondary N) is 1. The van der Waals surface area contributed by atoms with Gasteiger partial charge < -0.3 is 14.7 Å². The molecule has 1 saturated heterocycles. The molecule has 2 heterocycles. The molecule has 0 unspecified atom stereocenters. The van der Waals surface area contributed by atoms with Crippen molar-refractivity contribution >= 4 is 22.8 Å². The highest BCUT2D eigenvalue weighted by molar-refractivity contribution is 5.88. The number of amides is 2. The van der Waals surface area contributed by atoms with Gasteiger partial charge in [0.25, 0.3) is 0 Å². The Bertz CT molecular complexity index is 786. The van der Waals surface area contributed by atoms with Crippen LogP contribution in [0.25, 0.3) is 11.0 Å². The van der Waals surface area contributed by atoms with Crippen LogP contribution in [-0.4, -0.2) is 41.0 Å². The molecule has 1 aromatic carbocycles. The molecule has 1 aliphatic heterocycles. The average molecular weight is 331 g/mol. The highest BCUT2D eigenvalue weighted by atomic mass is 19.1. The number of benzene rings is 1. The number of nitrogens with zero attached hydrogens (tertiary/aromatic N) is 2. The second-order valence-corrected chi connectivity index (χ2v) is 5.84. The fourth-order valence-electron chi connectivity index (χ4n) is 2.92. The molecule has 2 amide bonds. The molecular formula is C17H18FN3O3. The minimum atomic E-state index is -0.399. The van der Waals surface area contributed by atoms with Gasteiger partial charge in [-0.25, -0.2) is 4.39 Å². The van der Waals surface area contributed by atoms with Crippen LogP contribution in [0, 0.1) is 5.82 Å². The molecule has 24 heavy (non-hydrogen) atoms. The number of rotatable bonds is 4. The lowest BCUT2D eigenvalue weighted by atomic mass is 10.0. The maximum atomic E-state index is 13.4. The van der Waals surface area contributed by atoms with Gasteiger partial charge in [-0.2, -0.15) is 0 Å². The Morgan fingerprint density at radius 3 is 3.12 bits per heavy atom. The van der Waals surface area contributed by atoms with Gasteiger partial charge in [0.2, 0.25) is 11.8 Å². The van der Waals surface area contributed by atoms with Gasteiger partial charge in [0, 0.05) is 24.5 Å². The van der Waals surface area contributed by atoms with Gasteiger partial charge in [-0.3, -0.25) is 9.59 Å². The molecule has 6 nitrogen and oxygen atoms in total. The summed E-state index contributed by atoms with van der Waals surface area (Å²) in [6, 6.07) is 4.02. The van der Waals surface area contributed by atoms with E-state index in [1.807, 2.05) is 0 Å². The summed E-state index contributed by atoms with van der Waals surface area (Å²) in [6.07, 6.45) is 2.89. The molecule has 1 aromatic heterocycles. The fraction of sp³-hybridized carbons (Fsp3) is 0.353. The van der Waals surface area contributed by atoms with E-state index in [4.69, 9.17) is 4.52 Å². The van der Waals surface area contributed by atoms with Crippen molar-refractivity contribution in [3.63, 3.8) is 0 Å². The van der Waals surface area contributed by atoms with Gasteiger partial charge in [0.05, 0.1) is 6.42 Å². The standard InChI is InChI=1S/C17H18FN3O3/c1-2-16(22)19-12-4-3-7-21(10-12)17(23)9-14-13-8-11(18)5-6-15(13)24-20-14/h2,5-6,8,12H,1,3-4,7,9-10H2,(H,19,22)/t12-/m1/s1. The number of aromatic nitrogens is 1. The van der Waals surface area contributed by atoms with Crippen LogP contribution in [-0.2, 0) is 16.0 Å². The first kappa shape index (κ1) is 16.2. The molecule has 1 aliphatic rings. The molecule has 126 valence electrons. The van der Waals surface area contributed by atoms with Gasteiger partial charge in [-0.05, 0) is 37.1 Å². The maximum Gasteiger partial charge on any atom is 0.243 e.